The normalized spacial score (nSPS) is 24.1. The van der Waals surface area contributed by atoms with Crippen molar-refractivity contribution in [2.75, 3.05) is 13.2 Å². The van der Waals surface area contributed by atoms with Crippen molar-refractivity contribution in [3.05, 3.63) is 0 Å². The van der Waals surface area contributed by atoms with Gasteiger partial charge in [0.1, 0.15) is 11.4 Å². The highest BCUT2D eigenvalue weighted by atomic mass is 16.5. The van der Waals surface area contributed by atoms with Crippen LogP contribution in [-0.4, -0.2) is 29.8 Å². The van der Waals surface area contributed by atoms with Crippen molar-refractivity contribution in [1.82, 2.24) is 0 Å². The maximum atomic E-state index is 9.52. The lowest BCUT2D eigenvalue weighted by atomic mass is 9.93. The molecule has 0 saturated carbocycles. The fourth-order valence-electron chi connectivity index (χ4n) is 0.978. The number of nitrogens with two attached hydrogens (primary N) is 1. The van der Waals surface area contributed by atoms with Gasteiger partial charge in [0.05, 0.1) is 0 Å². The Bertz CT molecular complexity index is 141. The van der Waals surface area contributed by atoms with E-state index >= 15 is 0 Å². The van der Waals surface area contributed by atoms with E-state index in [9.17, 15) is 5.11 Å². The molecule has 58 valence electrons. The highest BCUT2D eigenvalue weighted by Crippen LogP contribution is 2.19. The molecule has 0 amide bonds. The molecule has 10 heavy (non-hydrogen) atoms. The number of hydrogen-bond acceptors (Lipinski definition) is 3. The predicted molar refractivity (Wildman–Crippen MR) is 36.9 cm³/mol. The molecule has 1 fully saturated rings. The largest absolute Gasteiger partial charge is 0.385 e. The van der Waals surface area contributed by atoms with Gasteiger partial charge in [-0.2, -0.15) is 0 Å². The minimum atomic E-state index is -1.09. The molecule has 0 aliphatic carbocycles. The van der Waals surface area contributed by atoms with Gasteiger partial charge in [-0.25, -0.2) is 0 Å². The van der Waals surface area contributed by atoms with Crippen LogP contribution in [0.4, 0.5) is 0 Å². The molecule has 1 aliphatic rings. The number of ether oxygens (including phenoxy) is 1. The van der Waals surface area contributed by atoms with Crippen LogP contribution in [0.15, 0.2) is 0 Å². The van der Waals surface area contributed by atoms with E-state index in [1.165, 1.54) is 0 Å². The standard InChI is InChI=1S/C6H12N2O2/c7-5(8)6(9)1-3-10-4-2-6/h9H,1-4H2,(H3,7,8). The Labute approximate surface area is 59.5 Å². The quantitative estimate of drug-likeness (QED) is 0.341. The fraction of sp³-hybridized carbons (Fsp3) is 0.833. The Hall–Kier alpha value is -0.610. The lowest BCUT2D eigenvalue weighted by molar-refractivity contribution is -0.0211. The zero-order valence-corrected chi connectivity index (χ0v) is 5.76. The van der Waals surface area contributed by atoms with Gasteiger partial charge in [-0.15, -0.1) is 0 Å². The zero-order valence-electron chi connectivity index (χ0n) is 5.76. The van der Waals surface area contributed by atoms with E-state index in [0.717, 1.165) is 0 Å². The molecule has 1 aliphatic heterocycles. The van der Waals surface area contributed by atoms with Crippen molar-refractivity contribution in [3.63, 3.8) is 0 Å². The molecule has 0 atom stereocenters. The first-order valence-corrected chi connectivity index (χ1v) is 3.30. The van der Waals surface area contributed by atoms with Gasteiger partial charge >= 0.3 is 0 Å². The number of rotatable bonds is 1. The van der Waals surface area contributed by atoms with Crippen molar-refractivity contribution in [2.24, 2.45) is 5.73 Å². The molecule has 1 saturated heterocycles. The van der Waals surface area contributed by atoms with Crippen LogP contribution in [0.2, 0.25) is 0 Å². The van der Waals surface area contributed by atoms with Crippen LogP contribution in [0.5, 0.6) is 0 Å². The maximum absolute atomic E-state index is 9.52. The van der Waals surface area contributed by atoms with E-state index in [0.29, 0.717) is 26.1 Å². The third-order valence-electron chi connectivity index (χ3n) is 1.82. The Morgan fingerprint density at radius 1 is 1.50 bits per heavy atom. The van der Waals surface area contributed by atoms with Crippen LogP contribution in [0.25, 0.3) is 0 Å². The molecule has 4 N–H and O–H groups in total. The van der Waals surface area contributed by atoms with Crippen LogP contribution in [0.1, 0.15) is 12.8 Å². The van der Waals surface area contributed by atoms with E-state index in [2.05, 4.69) is 0 Å². The Morgan fingerprint density at radius 2 is 2.00 bits per heavy atom. The first-order valence-electron chi connectivity index (χ1n) is 3.30. The molecule has 0 unspecified atom stereocenters. The second kappa shape index (κ2) is 2.56. The average Bonchev–Trinajstić information content (AvgIpc) is 1.89. The fourth-order valence-corrected chi connectivity index (χ4v) is 0.978. The third-order valence-corrected chi connectivity index (χ3v) is 1.82. The Balaban J connectivity index is 2.56. The third kappa shape index (κ3) is 1.27. The van der Waals surface area contributed by atoms with Crippen LogP contribution in [0.3, 0.4) is 0 Å². The molecule has 0 spiro atoms. The van der Waals surface area contributed by atoms with Gasteiger partial charge in [0.2, 0.25) is 0 Å². The van der Waals surface area contributed by atoms with Gasteiger partial charge in [-0.3, -0.25) is 5.41 Å². The summed E-state index contributed by atoms with van der Waals surface area (Å²) >= 11 is 0. The highest BCUT2D eigenvalue weighted by Gasteiger charge is 2.32. The first kappa shape index (κ1) is 7.50. The number of nitrogens with one attached hydrogen (secondary N) is 1. The second-order valence-electron chi connectivity index (χ2n) is 2.56. The highest BCUT2D eigenvalue weighted by molar-refractivity contribution is 5.85. The SMILES string of the molecule is N=C(N)C1(O)CCOCC1. The van der Waals surface area contributed by atoms with E-state index in [4.69, 9.17) is 15.9 Å². The summed E-state index contributed by atoms with van der Waals surface area (Å²) in [5.74, 6) is -0.143. The molecule has 1 rings (SSSR count). The molecule has 0 aromatic heterocycles. The van der Waals surface area contributed by atoms with E-state index in [1.807, 2.05) is 0 Å². The smallest absolute Gasteiger partial charge is 0.125 e. The van der Waals surface area contributed by atoms with Crippen molar-refractivity contribution in [2.45, 2.75) is 18.4 Å². The van der Waals surface area contributed by atoms with E-state index in [1.54, 1.807) is 0 Å². The summed E-state index contributed by atoms with van der Waals surface area (Å²) in [5, 5.41) is 16.6. The topological polar surface area (TPSA) is 79.3 Å². The molecule has 0 bridgehead atoms. The van der Waals surface area contributed by atoms with Crippen LogP contribution >= 0.6 is 0 Å². The molecule has 1 heterocycles. The van der Waals surface area contributed by atoms with Gasteiger partial charge < -0.3 is 15.6 Å². The van der Waals surface area contributed by atoms with Crippen molar-refractivity contribution in [1.29, 1.82) is 5.41 Å². The lowest BCUT2D eigenvalue weighted by Gasteiger charge is -2.30. The van der Waals surface area contributed by atoms with Crippen LogP contribution in [0, 0.1) is 5.41 Å². The number of aliphatic hydroxyl groups is 1. The average molecular weight is 144 g/mol. The zero-order chi connectivity index (χ0) is 7.61. The maximum Gasteiger partial charge on any atom is 0.125 e. The van der Waals surface area contributed by atoms with Gasteiger partial charge in [-0.05, 0) is 0 Å². The van der Waals surface area contributed by atoms with Gasteiger partial charge in [0, 0.05) is 26.1 Å². The van der Waals surface area contributed by atoms with Crippen LogP contribution < -0.4 is 5.73 Å². The summed E-state index contributed by atoms with van der Waals surface area (Å²) in [4.78, 5) is 0. The van der Waals surface area contributed by atoms with Crippen molar-refractivity contribution < 1.29 is 9.84 Å². The van der Waals surface area contributed by atoms with E-state index in [-0.39, 0.29) is 5.84 Å². The lowest BCUT2D eigenvalue weighted by Crippen LogP contribution is -2.47. The Morgan fingerprint density at radius 3 is 2.30 bits per heavy atom. The second-order valence-corrected chi connectivity index (χ2v) is 2.56. The summed E-state index contributed by atoms with van der Waals surface area (Å²) < 4.78 is 5.00. The van der Waals surface area contributed by atoms with Crippen LogP contribution in [-0.2, 0) is 4.74 Å². The number of amidine groups is 1. The molecule has 0 radical (unpaired) electrons. The molecular weight excluding hydrogens is 132 g/mol. The summed E-state index contributed by atoms with van der Waals surface area (Å²) in [6, 6.07) is 0. The van der Waals surface area contributed by atoms with Gasteiger partial charge in [0.15, 0.2) is 0 Å². The molecule has 4 nitrogen and oxygen atoms in total. The molecule has 0 aromatic rings. The summed E-state index contributed by atoms with van der Waals surface area (Å²) in [6.45, 7) is 0.992. The van der Waals surface area contributed by atoms with E-state index < -0.39 is 5.60 Å². The molecular formula is C6H12N2O2. The van der Waals surface area contributed by atoms with Crippen molar-refractivity contribution >= 4 is 5.84 Å². The minimum absolute atomic E-state index is 0.143. The first-order chi connectivity index (χ1) is 4.65. The molecule has 0 aromatic carbocycles. The van der Waals surface area contributed by atoms with Gasteiger partial charge in [0.25, 0.3) is 0 Å². The summed E-state index contributed by atoms with van der Waals surface area (Å²) in [7, 11) is 0. The summed E-state index contributed by atoms with van der Waals surface area (Å²) in [5.41, 5.74) is 4.09. The van der Waals surface area contributed by atoms with Gasteiger partial charge in [-0.1, -0.05) is 0 Å². The number of hydrogen-bond donors (Lipinski definition) is 3. The molecule has 4 heteroatoms. The summed E-state index contributed by atoms with van der Waals surface area (Å²) in [6.07, 6.45) is 0.894. The minimum Gasteiger partial charge on any atom is -0.385 e. The predicted octanol–water partition coefficient (Wildman–Crippen LogP) is -0.536. The van der Waals surface area contributed by atoms with Crippen molar-refractivity contribution in [3.8, 4) is 0 Å². The monoisotopic (exact) mass is 144 g/mol. The Kier molecular flexibility index (Phi) is 1.92.